The second kappa shape index (κ2) is 8.10. The highest BCUT2D eigenvalue weighted by molar-refractivity contribution is 7.89. The first kappa shape index (κ1) is 22.1. The molecule has 12 heteroatoms. The lowest BCUT2D eigenvalue weighted by Gasteiger charge is -2.34. The van der Waals surface area contributed by atoms with Crippen LogP contribution in [0.15, 0.2) is 53.7 Å². The van der Waals surface area contributed by atoms with Crippen molar-refractivity contribution in [2.24, 2.45) is 0 Å². The molecule has 170 valence electrons. The Morgan fingerprint density at radius 3 is 2.38 bits per heavy atom. The van der Waals surface area contributed by atoms with Gasteiger partial charge in [0.15, 0.2) is 0 Å². The fourth-order valence-electron chi connectivity index (χ4n) is 3.66. The maximum absolute atomic E-state index is 13.1. The Bertz CT molecular complexity index is 1250. The van der Waals surface area contributed by atoms with Gasteiger partial charge in [0, 0.05) is 44.1 Å². The molecule has 1 N–H and O–H groups in total. The number of nitrogens with zero attached hydrogens (tertiary/aromatic N) is 4. The third kappa shape index (κ3) is 4.28. The average molecular weight is 468 g/mol. The number of aromatic nitrogens is 2. The summed E-state index contributed by atoms with van der Waals surface area (Å²) < 4.78 is 67.2. The number of sulfonamides is 1. The molecule has 0 atom stereocenters. The maximum atomic E-state index is 13.1. The van der Waals surface area contributed by atoms with Crippen LogP contribution in [0.3, 0.4) is 0 Å². The van der Waals surface area contributed by atoms with E-state index in [0.29, 0.717) is 11.3 Å². The van der Waals surface area contributed by atoms with Gasteiger partial charge in [0.1, 0.15) is 12.4 Å². The molecule has 1 aliphatic rings. The highest BCUT2D eigenvalue weighted by atomic mass is 32.2. The second-order valence-electron chi connectivity index (χ2n) is 7.35. The molecule has 1 aliphatic heterocycles. The van der Waals surface area contributed by atoms with Crippen LogP contribution in [-0.2, 0) is 27.5 Å². The molecule has 0 bridgehead atoms. The Morgan fingerprint density at radius 2 is 1.78 bits per heavy atom. The van der Waals surface area contributed by atoms with Crippen LogP contribution < -0.4 is 4.90 Å². The van der Waals surface area contributed by atoms with Crippen LogP contribution in [0.1, 0.15) is 5.56 Å². The van der Waals surface area contributed by atoms with E-state index < -0.39 is 27.7 Å². The van der Waals surface area contributed by atoms with Gasteiger partial charge < -0.3 is 14.6 Å². The summed E-state index contributed by atoms with van der Waals surface area (Å²) in [5, 5.41) is 9.76. The van der Waals surface area contributed by atoms with E-state index in [4.69, 9.17) is 5.11 Å². The number of pyridine rings is 1. The van der Waals surface area contributed by atoms with Crippen LogP contribution in [0.4, 0.5) is 19.0 Å². The number of anilines is 1. The summed E-state index contributed by atoms with van der Waals surface area (Å²) in [4.78, 5) is 16.7. The van der Waals surface area contributed by atoms with Gasteiger partial charge in [-0.15, -0.1) is 0 Å². The molecule has 0 aliphatic carbocycles. The highest BCUT2D eigenvalue weighted by Crippen LogP contribution is 2.30. The molecular formula is C20H19F3N4O4S. The number of carbonyl (C=O) groups is 1. The van der Waals surface area contributed by atoms with Crippen molar-refractivity contribution in [1.82, 2.24) is 13.9 Å². The van der Waals surface area contributed by atoms with Crippen LogP contribution >= 0.6 is 0 Å². The number of hydrogen-bond acceptors (Lipinski definition) is 5. The third-order valence-corrected chi connectivity index (χ3v) is 7.22. The fraction of sp³-hybridized carbons (Fsp3) is 0.300. The summed E-state index contributed by atoms with van der Waals surface area (Å²) >= 11 is 0. The van der Waals surface area contributed by atoms with E-state index in [1.54, 1.807) is 23.2 Å². The molecule has 0 saturated carbocycles. The first-order chi connectivity index (χ1) is 15.1. The Hall–Kier alpha value is -3.12. The lowest BCUT2D eigenvalue weighted by Crippen LogP contribution is -2.48. The van der Waals surface area contributed by atoms with Crippen molar-refractivity contribution in [2.75, 3.05) is 31.1 Å². The van der Waals surface area contributed by atoms with E-state index in [0.717, 1.165) is 17.6 Å². The van der Waals surface area contributed by atoms with Crippen LogP contribution in [0.25, 0.3) is 10.9 Å². The molecule has 0 radical (unpaired) electrons. The molecule has 1 aromatic carbocycles. The summed E-state index contributed by atoms with van der Waals surface area (Å²) in [6.45, 7) is 0.536. The summed E-state index contributed by atoms with van der Waals surface area (Å²) in [5.74, 6) is -0.688. The number of benzene rings is 1. The molecule has 3 aromatic rings. The summed E-state index contributed by atoms with van der Waals surface area (Å²) in [6, 6.07) is 8.50. The maximum Gasteiger partial charge on any atom is 0.417 e. The van der Waals surface area contributed by atoms with Crippen molar-refractivity contribution >= 4 is 32.7 Å². The molecule has 1 saturated heterocycles. The minimum Gasteiger partial charge on any atom is -0.480 e. The van der Waals surface area contributed by atoms with Crippen molar-refractivity contribution in [3.8, 4) is 0 Å². The molecule has 3 heterocycles. The molecular weight excluding hydrogens is 449 g/mol. The molecule has 8 nitrogen and oxygen atoms in total. The average Bonchev–Trinajstić information content (AvgIpc) is 3.15. The normalized spacial score (nSPS) is 15.9. The number of carboxylic acid groups (broad SMARTS) is 1. The zero-order valence-electron chi connectivity index (χ0n) is 16.7. The van der Waals surface area contributed by atoms with E-state index in [2.05, 4.69) is 4.98 Å². The molecule has 0 amide bonds. The number of rotatable bonds is 5. The second-order valence-corrected chi connectivity index (χ2v) is 9.29. The molecule has 2 aromatic heterocycles. The number of piperazine rings is 1. The third-order valence-electron chi connectivity index (χ3n) is 5.33. The van der Waals surface area contributed by atoms with Gasteiger partial charge in [-0.2, -0.15) is 17.5 Å². The quantitative estimate of drug-likeness (QED) is 0.619. The van der Waals surface area contributed by atoms with Crippen molar-refractivity contribution in [3.63, 3.8) is 0 Å². The zero-order chi connectivity index (χ0) is 23.1. The van der Waals surface area contributed by atoms with Gasteiger partial charge in [-0.05, 0) is 35.7 Å². The SMILES string of the molecule is O=C(O)Cn1ccc2ccc(S(=O)(=O)N3CCN(c4ccc(C(F)(F)F)cn4)CC3)cc21. The number of fused-ring (bicyclic) bond motifs is 1. The van der Waals surface area contributed by atoms with Crippen molar-refractivity contribution in [1.29, 1.82) is 0 Å². The van der Waals surface area contributed by atoms with Gasteiger partial charge in [-0.1, -0.05) is 6.07 Å². The molecule has 4 rings (SSSR count). The van der Waals surface area contributed by atoms with E-state index in [9.17, 15) is 26.4 Å². The van der Waals surface area contributed by atoms with Crippen LogP contribution in [-0.4, -0.2) is 59.5 Å². The van der Waals surface area contributed by atoms with Gasteiger partial charge in [0.05, 0.1) is 10.5 Å². The first-order valence-electron chi connectivity index (χ1n) is 9.65. The number of hydrogen-bond donors (Lipinski definition) is 1. The van der Waals surface area contributed by atoms with Gasteiger partial charge in [-0.25, -0.2) is 13.4 Å². The first-order valence-corrected chi connectivity index (χ1v) is 11.1. The molecule has 1 fully saturated rings. The van der Waals surface area contributed by atoms with Crippen LogP contribution in [0, 0.1) is 0 Å². The number of aliphatic carboxylic acids is 1. The van der Waals surface area contributed by atoms with Gasteiger partial charge in [0.25, 0.3) is 0 Å². The minimum absolute atomic E-state index is 0.0523. The standard InChI is InChI=1S/C20H19F3N4O4S/c21-20(22,23)15-2-4-18(24-12-15)25-7-9-27(10-8-25)32(30,31)16-3-1-14-5-6-26(13-19(28)29)17(14)11-16/h1-6,11-12H,7-10,13H2,(H,28,29). The summed E-state index contributed by atoms with van der Waals surface area (Å²) in [5.41, 5.74) is -0.341. The monoisotopic (exact) mass is 468 g/mol. The van der Waals surface area contributed by atoms with E-state index in [-0.39, 0.29) is 37.6 Å². The van der Waals surface area contributed by atoms with E-state index in [1.807, 2.05) is 0 Å². The largest absolute Gasteiger partial charge is 0.480 e. The highest BCUT2D eigenvalue weighted by Gasteiger charge is 2.32. The topological polar surface area (TPSA) is 95.7 Å². The van der Waals surface area contributed by atoms with Crippen LogP contribution in [0.2, 0.25) is 0 Å². The molecule has 0 unspecified atom stereocenters. The number of halogens is 3. The smallest absolute Gasteiger partial charge is 0.417 e. The van der Waals surface area contributed by atoms with Crippen molar-refractivity contribution < 1.29 is 31.5 Å². The van der Waals surface area contributed by atoms with Gasteiger partial charge >= 0.3 is 12.1 Å². The summed E-state index contributed by atoms with van der Waals surface area (Å²) in [7, 11) is -3.83. The number of carboxylic acids is 1. The lowest BCUT2D eigenvalue weighted by molar-refractivity contribution is -0.138. The van der Waals surface area contributed by atoms with E-state index in [1.165, 1.54) is 27.1 Å². The fourth-order valence-corrected chi connectivity index (χ4v) is 5.10. The van der Waals surface area contributed by atoms with E-state index >= 15 is 0 Å². The predicted octanol–water partition coefficient (Wildman–Crippen LogP) is 2.65. The van der Waals surface area contributed by atoms with Gasteiger partial charge in [0.2, 0.25) is 10.0 Å². The molecule has 0 spiro atoms. The van der Waals surface area contributed by atoms with Crippen molar-refractivity contribution in [3.05, 3.63) is 54.4 Å². The molecule has 32 heavy (non-hydrogen) atoms. The minimum atomic E-state index is -4.47. The number of alkyl halides is 3. The Balaban J connectivity index is 1.50. The Labute approximate surface area is 181 Å². The summed E-state index contributed by atoms with van der Waals surface area (Å²) in [6.07, 6.45) is -2.12. The lowest BCUT2D eigenvalue weighted by atomic mass is 10.2. The van der Waals surface area contributed by atoms with Crippen LogP contribution in [0.5, 0.6) is 0 Å². The Morgan fingerprint density at radius 1 is 1.06 bits per heavy atom. The van der Waals surface area contributed by atoms with Crippen molar-refractivity contribution in [2.45, 2.75) is 17.6 Å². The van der Waals surface area contributed by atoms with Gasteiger partial charge in [-0.3, -0.25) is 4.79 Å². The Kier molecular flexibility index (Phi) is 5.59. The zero-order valence-corrected chi connectivity index (χ0v) is 17.5. The predicted molar refractivity (Wildman–Crippen MR) is 110 cm³/mol.